The van der Waals surface area contributed by atoms with E-state index in [-0.39, 0.29) is 5.41 Å². The van der Waals surface area contributed by atoms with Gasteiger partial charge in [-0.3, -0.25) is 0 Å². The predicted molar refractivity (Wildman–Crippen MR) is 233 cm³/mol. The Balaban J connectivity index is 0.998. The molecular formula is C53H38N2. The van der Waals surface area contributed by atoms with Gasteiger partial charge in [-0.1, -0.05) is 135 Å². The van der Waals surface area contributed by atoms with Crippen LogP contribution in [0.25, 0.3) is 71.3 Å². The zero-order valence-corrected chi connectivity index (χ0v) is 30.9. The zero-order valence-electron chi connectivity index (χ0n) is 30.9. The van der Waals surface area contributed by atoms with Crippen LogP contribution >= 0.6 is 0 Å². The quantitative estimate of drug-likeness (QED) is 0.162. The Bertz CT molecular complexity index is 3120. The van der Waals surface area contributed by atoms with Gasteiger partial charge in [-0.05, 0) is 128 Å². The van der Waals surface area contributed by atoms with Gasteiger partial charge < -0.3 is 9.47 Å². The molecule has 1 aliphatic rings. The summed E-state index contributed by atoms with van der Waals surface area (Å²) in [4.78, 5) is 2.39. The molecule has 10 aromatic rings. The van der Waals surface area contributed by atoms with Gasteiger partial charge in [0.2, 0.25) is 0 Å². The monoisotopic (exact) mass is 702 g/mol. The highest BCUT2D eigenvalue weighted by molar-refractivity contribution is 6.12. The van der Waals surface area contributed by atoms with Crippen LogP contribution in [0.1, 0.15) is 25.0 Å². The molecule has 55 heavy (non-hydrogen) atoms. The normalized spacial score (nSPS) is 13.1. The summed E-state index contributed by atoms with van der Waals surface area (Å²) < 4.78 is 2.37. The van der Waals surface area contributed by atoms with E-state index >= 15 is 0 Å². The second-order valence-electron chi connectivity index (χ2n) is 15.4. The molecule has 0 saturated carbocycles. The van der Waals surface area contributed by atoms with Crippen LogP contribution < -0.4 is 4.90 Å². The molecule has 0 N–H and O–H groups in total. The van der Waals surface area contributed by atoms with E-state index in [1.54, 1.807) is 0 Å². The molecule has 1 aliphatic carbocycles. The van der Waals surface area contributed by atoms with E-state index in [1.807, 2.05) is 0 Å². The Labute approximate surface area is 321 Å². The van der Waals surface area contributed by atoms with E-state index in [4.69, 9.17) is 0 Å². The molecule has 0 amide bonds. The van der Waals surface area contributed by atoms with Crippen LogP contribution in [0.2, 0.25) is 0 Å². The molecule has 0 saturated heterocycles. The summed E-state index contributed by atoms with van der Waals surface area (Å²) in [5.74, 6) is 0. The van der Waals surface area contributed by atoms with Crippen molar-refractivity contribution in [1.29, 1.82) is 0 Å². The molecular weight excluding hydrogens is 665 g/mol. The Hall–Kier alpha value is -6.90. The van der Waals surface area contributed by atoms with Crippen molar-refractivity contribution < 1.29 is 0 Å². The fourth-order valence-corrected chi connectivity index (χ4v) is 9.26. The SMILES string of the molecule is CC1(C)c2ccccc2-c2cc(N(c3ccccc3)c3ccc4c(ccc5cc(-c6ccc7c(c6)c6ccccc6n7-c6ccccc6)ccc54)c3)ccc21. The van der Waals surface area contributed by atoms with Gasteiger partial charge in [-0.2, -0.15) is 0 Å². The first-order valence-corrected chi connectivity index (χ1v) is 19.2. The maximum absolute atomic E-state index is 2.39. The van der Waals surface area contributed by atoms with E-state index in [9.17, 15) is 0 Å². The van der Waals surface area contributed by atoms with Gasteiger partial charge in [-0.25, -0.2) is 0 Å². The van der Waals surface area contributed by atoms with E-state index in [1.165, 1.54) is 82.4 Å². The van der Waals surface area contributed by atoms with E-state index in [2.05, 4.69) is 217 Å². The molecule has 2 nitrogen and oxygen atoms in total. The van der Waals surface area contributed by atoms with Crippen LogP contribution in [0.3, 0.4) is 0 Å². The molecule has 1 aromatic heterocycles. The largest absolute Gasteiger partial charge is 0.310 e. The average Bonchev–Trinajstić information content (AvgIpc) is 3.69. The summed E-state index contributed by atoms with van der Waals surface area (Å²) in [5.41, 5.74) is 14.9. The fraction of sp³-hybridized carbons (Fsp3) is 0.0566. The summed E-state index contributed by atoms with van der Waals surface area (Å²) in [7, 11) is 0. The maximum atomic E-state index is 2.39. The second kappa shape index (κ2) is 12.1. The third kappa shape index (κ3) is 4.88. The highest BCUT2D eigenvalue weighted by atomic mass is 15.1. The van der Waals surface area contributed by atoms with Crippen molar-refractivity contribution in [3.05, 3.63) is 205 Å². The summed E-state index contributed by atoms with van der Waals surface area (Å²) in [6, 6.07) is 71.4. The lowest BCUT2D eigenvalue weighted by Gasteiger charge is -2.27. The van der Waals surface area contributed by atoms with E-state index in [0.717, 1.165) is 17.1 Å². The Morgan fingerprint density at radius 1 is 0.382 bits per heavy atom. The minimum atomic E-state index is -0.0263. The first kappa shape index (κ1) is 31.6. The lowest BCUT2D eigenvalue weighted by molar-refractivity contribution is 0.660. The molecule has 260 valence electrons. The van der Waals surface area contributed by atoms with Gasteiger partial charge >= 0.3 is 0 Å². The molecule has 0 atom stereocenters. The molecule has 0 fully saturated rings. The van der Waals surface area contributed by atoms with Crippen molar-refractivity contribution in [3.63, 3.8) is 0 Å². The number of hydrogen-bond donors (Lipinski definition) is 0. The summed E-state index contributed by atoms with van der Waals surface area (Å²) in [6.45, 7) is 4.68. The van der Waals surface area contributed by atoms with Crippen molar-refractivity contribution in [2.24, 2.45) is 0 Å². The van der Waals surface area contributed by atoms with Crippen molar-refractivity contribution >= 4 is 60.4 Å². The molecule has 0 radical (unpaired) electrons. The minimum Gasteiger partial charge on any atom is -0.310 e. The van der Waals surface area contributed by atoms with Crippen LogP contribution in [0.15, 0.2) is 194 Å². The van der Waals surface area contributed by atoms with Gasteiger partial charge in [0.1, 0.15) is 0 Å². The Morgan fingerprint density at radius 3 is 1.82 bits per heavy atom. The Kier molecular flexibility index (Phi) is 6.93. The maximum Gasteiger partial charge on any atom is 0.0541 e. The molecule has 0 unspecified atom stereocenters. The number of para-hydroxylation sites is 3. The number of fused-ring (bicyclic) bond motifs is 9. The van der Waals surface area contributed by atoms with Crippen molar-refractivity contribution in [2.45, 2.75) is 19.3 Å². The number of nitrogens with zero attached hydrogens (tertiary/aromatic N) is 2. The third-order valence-electron chi connectivity index (χ3n) is 11.9. The van der Waals surface area contributed by atoms with Gasteiger partial charge in [0.05, 0.1) is 11.0 Å². The number of anilines is 3. The van der Waals surface area contributed by atoms with Crippen molar-refractivity contribution in [3.8, 4) is 27.9 Å². The minimum absolute atomic E-state index is 0.0263. The molecule has 0 bridgehead atoms. The molecule has 2 heteroatoms. The number of aromatic nitrogens is 1. The standard InChI is InChI=1S/C53H38N2/c1-53(2)49-19-11-9-17-45(49)47-34-42(26-29-50(47)53)54(39-13-5-3-6-14-39)41-25-28-44-38(32-41)22-21-37-31-35(23-27-43(37)44)36-24-30-52-48(33-36)46-18-10-12-20-51(46)55(52)40-15-7-4-8-16-40/h3-34H,1-2H3. The zero-order chi connectivity index (χ0) is 36.7. The summed E-state index contributed by atoms with van der Waals surface area (Å²) in [5, 5.41) is 7.51. The van der Waals surface area contributed by atoms with Crippen molar-refractivity contribution in [2.75, 3.05) is 4.90 Å². The van der Waals surface area contributed by atoms with Crippen LogP contribution in [-0.4, -0.2) is 4.57 Å². The lowest BCUT2D eigenvalue weighted by Crippen LogP contribution is -2.15. The molecule has 0 spiro atoms. The number of rotatable bonds is 5. The predicted octanol–water partition coefficient (Wildman–Crippen LogP) is 14.5. The first-order chi connectivity index (χ1) is 27.0. The lowest BCUT2D eigenvalue weighted by atomic mass is 9.82. The second-order valence-corrected chi connectivity index (χ2v) is 15.4. The molecule has 0 aliphatic heterocycles. The number of benzene rings is 9. The highest BCUT2D eigenvalue weighted by Gasteiger charge is 2.35. The molecule has 1 heterocycles. The first-order valence-electron chi connectivity index (χ1n) is 19.2. The summed E-state index contributed by atoms with van der Waals surface area (Å²) >= 11 is 0. The highest BCUT2D eigenvalue weighted by Crippen LogP contribution is 2.50. The van der Waals surface area contributed by atoms with Crippen LogP contribution in [0.4, 0.5) is 17.1 Å². The topological polar surface area (TPSA) is 8.17 Å². The average molecular weight is 703 g/mol. The van der Waals surface area contributed by atoms with Crippen LogP contribution in [-0.2, 0) is 5.41 Å². The molecule has 9 aromatic carbocycles. The van der Waals surface area contributed by atoms with E-state index in [0.29, 0.717) is 0 Å². The Morgan fingerprint density at radius 2 is 0.982 bits per heavy atom. The number of hydrogen-bond acceptors (Lipinski definition) is 1. The van der Waals surface area contributed by atoms with Gasteiger partial charge in [0.15, 0.2) is 0 Å². The van der Waals surface area contributed by atoms with Crippen molar-refractivity contribution in [1.82, 2.24) is 4.57 Å². The van der Waals surface area contributed by atoms with Gasteiger partial charge in [0.25, 0.3) is 0 Å². The smallest absolute Gasteiger partial charge is 0.0541 e. The van der Waals surface area contributed by atoms with E-state index < -0.39 is 0 Å². The third-order valence-corrected chi connectivity index (χ3v) is 11.9. The van der Waals surface area contributed by atoms with Crippen LogP contribution in [0, 0.1) is 0 Å². The van der Waals surface area contributed by atoms with Gasteiger partial charge in [0, 0.05) is 38.9 Å². The van der Waals surface area contributed by atoms with Crippen LogP contribution in [0.5, 0.6) is 0 Å². The fourth-order valence-electron chi connectivity index (χ4n) is 9.26. The van der Waals surface area contributed by atoms with Gasteiger partial charge in [-0.15, -0.1) is 0 Å². The summed E-state index contributed by atoms with van der Waals surface area (Å²) in [6.07, 6.45) is 0. The molecule has 11 rings (SSSR count).